The maximum absolute atomic E-state index is 4.33. The van der Waals surface area contributed by atoms with Gasteiger partial charge in [-0.25, -0.2) is 0 Å². The maximum atomic E-state index is 4.33. The largest absolute Gasteiger partial charge is 0.353 e. The number of nitrogens with zero attached hydrogens (tertiary/aromatic N) is 2. The average Bonchev–Trinajstić information content (AvgIpc) is 3.32. The Balaban J connectivity index is 0.00000176. The Bertz CT molecular complexity index is 471. The van der Waals surface area contributed by atoms with Crippen molar-refractivity contribution in [2.75, 3.05) is 7.05 Å². The number of hydrogen-bond acceptors (Lipinski definition) is 2. The molecule has 0 aliphatic heterocycles. The number of guanidine groups is 1. The summed E-state index contributed by atoms with van der Waals surface area (Å²) in [5.41, 5.74) is 1.04. The van der Waals surface area contributed by atoms with E-state index in [2.05, 4.69) is 20.6 Å². The van der Waals surface area contributed by atoms with Gasteiger partial charge in [0.2, 0.25) is 0 Å². The number of aromatic nitrogens is 1. The highest BCUT2D eigenvalue weighted by molar-refractivity contribution is 14.0. The van der Waals surface area contributed by atoms with Gasteiger partial charge in [0, 0.05) is 19.3 Å². The van der Waals surface area contributed by atoms with Crippen molar-refractivity contribution in [1.29, 1.82) is 0 Å². The van der Waals surface area contributed by atoms with E-state index in [1.807, 2.05) is 31.4 Å². The zero-order chi connectivity index (χ0) is 14.5. The fraction of sp³-hybridized carbons (Fsp3) is 0.647. The topological polar surface area (TPSA) is 49.3 Å². The van der Waals surface area contributed by atoms with Gasteiger partial charge >= 0.3 is 0 Å². The summed E-state index contributed by atoms with van der Waals surface area (Å²) in [5, 5.41) is 6.93. The fourth-order valence-corrected chi connectivity index (χ4v) is 3.51. The first-order valence-corrected chi connectivity index (χ1v) is 8.24. The van der Waals surface area contributed by atoms with Crippen LogP contribution in [0.5, 0.6) is 0 Å². The summed E-state index contributed by atoms with van der Waals surface area (Å²) >= 11 is 0. The van der Waals surface area contributed by atoms with Gasteiger partial charge in [0.1, 0.15) is 0 Å². The second-order valence-electron chi connectivity index (χ2n) is 6.30. The smallest absolute Gasteiger partial charge is 0.191 e. The summed E-state index contributed by atoms with van der Waals surface area (Å²) in [5.74, 6) is 2.73. The molecule has 0 bridgehead atoms. The minimum Gasteiger partial charge on any atom is -0.353 e. The second-order valence-corrected chi connectivity index (χ2v) is 6.30. The monoisotopic (exact) mass is 414 g/mol. The SMILES string of the molecule is CN=C(NCc1ccccn1)NC1CC1C1CCCCC1.I. The zero-order valence-electron chi connectivity index (χ0n) is 13.3. The van der Waals surface area contributed by atoms with Crippen LogP contribution in [0.2, 0.25) is 0 Å². The Morgan fingerprint density at radius 1 is 1.27 bits per heavy atom. The number of pyridine rings is 1. The van der Waals surface area contributed by atoms with Gasteiger partial charge in [-0.1, -0.05) is 38.2 Å². The summed E-state index contributed by atoms with van der Waals surface area (Å²) in [6.07, 6.45) is 10.3. The van der Waals surface area contributed by atoms with Crippen LogP contribution in [0.4, 0.5) is 0 Å². The summed E-state index contributed by atoms with van der Waals surface area (Å²) in [6.45, 7) is 0.724. The molecule has 0 radical (unpaired) electrons. The molecule has 0 saturated heterocycles. The standard InChI is InChI=1S/C17H26N4.HI/c1-18-17(20-12-14-9-5-6-10-19-14)21-16-11-15(16)13-7-3-2-4-8-13;/h5-6,9-10,13,15-16H,2-4,7-8,11-12H2,1H3,(H2,18,20,21);1H. The lowest BCUT2D eigenvalue weighted by atomic mass is 9.85. The molecule has 1 aromatic heterocycles. The van der Waals surface area contributed by atoms with Crippen molar-refractivity contribution in [3.05, 3.63) is 30.1 Å². The predicted molar refractivity (Wildman–Crippen MR) is 101 cm³/mol. The van der Waals surface area contributed by atoms with Gasteiger partial charge in [0.15, 0.2) is 5.96 Å². The number of halogens is 1. The third-order valence-electron chi connectivity index (χ3n) is 4.80. The molecule has 0 spiro atoms. The average molecular weight is 414 g/mol. The summed E-state index contributed by atoms with van der Waals surface area (Å²) in [6, 6.07) is 6.61. The summed E-state index contributed by atoms with van der Waals surface area (Å²) in [7, 11) is 1.84. The molecule has 2 N–H and O–H groups in total. The van der Waals surface area contributed by atoms with Gasteiger partial charge in [0.05, 0.1) is 12.2 Å². The van der Waals surface area contributed by atoms with Gasteiger partial charge in [-0.3, -0.25) is 9.98 Å². The van der Waals surface area contributed by atoms with Crippen molar-refractivity contribution in [3.63, 3.8) is 0 Å². The molecule has 5 heteroatoms. The van der Waals surface area contributed by atoms with E-state index in [-0.39, 0.29) is 24.0 Å². The first-order valence-electron chi connectivity index (χ1n) is 8.24. The highest BCUT2D eigenvalue weighted by Crippen LogP contribution is 2.44. The number of hydrogen-bond donors (Lipinski definition) is 2. The molecule has 4 nitrogen and oxygen atoms in total. The lowest BCUT2D eigenvalue weighted by Crippen LogP contribution is -2.39. The van der Waals surface area contributed by atoms with Crippen molar-refractivity contribution in [2.24, 2.45) is 16.8 Å². The molecule has 2 saturated carbocycles. The zero-order valence-corrected chi connectivity index (χ0v) is 15.6. The molecule has 2 atom stereocenters. The van der Waals surface area contributed by atoms with Crippen LogP contribution < -0.4 is 10.6 Å². The van der Waals surface area contributed by atoms with E-state index in [1.54, 1.807) is 0 Å². The fourth-order valence-electron chi connectivity index (χ4n) is 3.51. The number of rotatable bonds is 4. The molecular formula is C17H27IN4. The van der Waals surface area contributed by atoms with Crippen molar-refractivity contribution in [1.82, 2.24) is 15.6 Å². The number of nitrogens with one attached hydrogen (secondary N) is 2. The van der Waals surface area contributed by atoms with Crippen LogP contribution in [0.15, 0.2) is 29.4 Å². The van der Waals surface area contributed by atoms with Crippen LogP contribution in [0.3, 0.4) is 0 Å². The molecule has 1 aromatic rings. The van der Waals surface area contributed by atoms with Crippen LogP contribution >= 0.6 is 24.0 Å². The van der Waals surface area contributed by atoms with E-state index in [1.165, 1.54) is 38.5 Å². The Morgan fingerprint density at radius 3 is 2.77 bits per heavy atom. The molecule has 2 unspecified atom stereocenters. The lowest BCUT2D eigenvalue weighted by Gasteiger charge is -2.22. The van der Waals surface area contributed by atoms with Crippen LogP contribution in [0, 0.1) is 11.8 Å². The first kappa shape index (κ1) is 17.5. The van der Waals surface area contributed by atoms with E-state index >= 15 is 0 Å². The second kappa shape index (κ2) is 8.70. The van der Waals surface area contributed by atoms with E-state index in [0.29, 0.717) is 6.04 Å². The lowest BCUT2D eigenvalue weighted by molar-refractivity contribution is 0.315. The van der Waals surface area contributed by atoms with Crippen molar-refractivity contribution in [2.45, 2.75) is 51.1 Å². The van der Waals surface area contributed by atoms with E-state index in [9.17, 15) is 0 Å². The third kappa shape index (κ3) is 4.83. The van der Waals surface area contributed by atoms with Crippen molar-refractivity contribution in [3.8, 4) is 0 Å². The molecular weight excluding hydrogens is 387 g/mol. The van der Waals surface area contributed by atoms with E-state index in [0.717, 1.165) is 30.0 Å². The molecule has 1 heterocycles. The molecule has 2 aliphatic rings. The highest BCUT2D eigenvalue weighted by atomic mass is 127. The summed E-state index contributed by atoms with van der Waals surface area (Å²) < 4.78 is 0. The van der Waals surface area contributed by atoms with Gasteiger partial charge in [-0.2, -0.15) is 0 Å². The predicted octanol–water partition coefficient (Wildman–Crippen LogP) is 3.33. The van der Waals surface area contributed by atoms with Gasteiger partial charge < -0.3 is 10.6 Å². The van der Waals surface area contributed by atoms with Crippen LogP contribution in [0.1, 0.15) is 44.2 Å². The number of aliphatic imine (C=N–C) groups is 1. The minimum absolute atomic E-state index is 0. The Labute approximate surface area is 150 Å². The molecule has 2 fully saturated rings. The quantitative estimate of drug-likeness (QED) is 0.452. The molecule has 0 amide bonds. The molecule has 0 aromatic carbocycles. The van der Waals surface area contributed by atoms with E-state index < -0.39 is 0 Å². The molecule has 2 aliphatic carbocycles. The molecule has 122 valence electrons. The van der Waals surface area contributed by atoms with Gasteiger partial charge in [-0.05, 0) is 30.4 Å². The van der Waals surface area contributed by atoms with Gasteiger partial charge in [0.25, 0.3) is 0 Å². The highest BCUT2D eigenvalue weighted by Gasteiger charge is 2.43. The Hall–Kier alpha value is -0.850. The minimum atomic E-state index is 0. The van der Waals surface area contributed by atoms with Crippen LogP contribution in [0.25, 0.3) is 0 Å². The maximum Gasteiger partial charge on any atom is 0.191 e. The van der Waals surface area contributed by atoms with Gasteiger partial charge in [-0.15, -0.1) is 24.0 Å². The van der Waals surface area contributed by atoms with Crippen molar-refractivity contribution >= 4 is 29.9 Å². The Morgan fingerprint density at radius 2 is 2.09 bits per heavy atom. The first-order chi connectivity index (χ1) is 10.4. The normalized spacial score (nSPS) is 25.2. The molecule has 3 rings (SSSR count). The van der Waals surface area contributed by atoms with Crippen LogP contribution in [-0.2, 0) is 6.54 Å². The van der Waals surface area contributed by atoms with Crippen LogP contribution in [-0.4, -0.2) is 24.0 Å². The van der Waals surface area contributed by atoms with E-state index in [4.69, 9.17) is 0 Å². The third-order valence-corrected chi connectivity index (χ3v) is 4.80. The molecule has 22 heavy (non-hydrogen) atoms. The summed E-state index contributed by atoms with van der Waals surface area (Å²) in [4.78, 5) is 8.65. The van der Waals surface area contributed by atoms with Crippen molar-refractivity contribution < 1.29 is 0 Å². The Kier molecular flexibility index (Phi) is 6.92.